The number of nitrogens with zero attached hydrogens (tertiary/aromatic N) is 2. The lowest BCUT2D eigenvalue weighted by Gasteiger charge is -2.15. The summed E-state index contributed by atoms with van der Waals surface area (Å²) in [5.74, 6) is 1.68. The van der Waals surface area contributed by atoms with Crippen molar-refractivity contribution in [2.45, 2.75) is 30.2 Å². The van der Waals surface area contributed by atoms with E-state index in [1.165, 1.54) is 17.3 Å². The number of ether oxygens (including phenoxy) is 1. The minimum Gasteiger partial charge on any atom is -0.497 e. The van der Waals surface area contributed by atoms with E-state index >= 15 is 0 Å². The highest BCUT2D eigenvalue weighted by atomic mass is 32.2. The van der Waals surface area contributed by atoms with E-state index in [1.54, 1.807) is 7.11 Å². The summed E-state index contributed by atoms with van der Waals surface area (Å²) in [4.78, 5) is 16.9. The molecule has 0 aliphatic heterocycles. The first kappa shape index (κ1) is 19.9. The number of carbonyl (C=O) groups is 1. The van der Waals surface area contributed by atoms with Gasteiger partial charge < -0.3 is 10.1 Å². The lowest BCUT2D eigenvalue weighted by atomic mass is 10.0. The van der Waals surface area contributed by atoms with Crippen LogP contribution in [-0.2, 0) is 4.79 Å². The van der Waals surface area contributed by atoms with Crippen LogP contribution in [0.5, 0.6) is 5.75 Å². The van der Waals surface area contributed by atoms with Gasteiger partial charge in [0.1, 0.15) is 5.75 Å². The molecule has 0 saturated heterocycles. The number of rotatable bonds is 8. The number of carbonyl (C=O) groups excluding carboxylic acids is 1. The van der Waals surface area contributed by atoms with Gasteiger partial charge in [0.15, 0.2) is 5.82 Å². The average molecular weight is 397 g/mol. The monoisotopic (exact) mass is 396 g/mol. The summed E-state index contributed by atoms with van der Waals surface area (Å²) in [5, 5.41) is 10.4. The van der Waals surface area contributed by atoms with Gasteiger partial charge in [-0.15, -0.1) is 5.10 Å². The molecule has 2 N–H and O–H groups in total. The molecule has 146 valence electrons. The zero-order valence-electron chi connectivity index (χ0n) is 16.2. The van der Waals surface area contributed by atoms with E-state index in [0.717, 1.165) is 11.3 Å². The molecule has 3 rings (SSSR count). The second kappa shape index (κ2) is 9.41. The summed E-state index contributed by atoms with van der Waals surface area (Å²) in [6.07, 6.45) is 0. The molecular formula is C21H24N4O2S. The van der Waals surface area contributed by atoms with Crippen molar-refractivity contribution in [3.63, 3.8) is 0 Å². The van der Waals surface area contributed by atoms with Gasteiger partial charge in [0, 0.05) is 12.1 Å². The van der Waals surface area contributed by atoms with Gasteiger partial charge in [0.05, 0.1) is 12.4 Å². The summed E-state index contributed by atoms with van der Waals surface area (Å²) in [6.45, 7) is 4.55. The van der Waals surface area contributed by atoms with Crippen molar-refractivity contribution in [3.8, 4) is 17.1 Å². The number of aromatic amines is 1. The molecule has 2 aromatic carbocycles. The molecule has 0 radical (unpaired) electrons. The van der Waals surface area contributed by atoms with Gasteiger partial charge >= 0.3 is 0 Å². The van der Waals surface area contributed by atoms with Crippen LogP contribution in [0.1, 0.15) is 25.3 Å². The summed E-state index contributed by atoms with van der Waals surface area (Å²) < 4.78 is 5.16. The Morgan fingerprint density at radius 2 is 1.86 bits per heavy atom. The summed E-state index contributed by atoms with van der Waals surface area (Å²) in [7, 11) is 1.63. The Labute approximate surface area is 169 Å². The lowest BCUT2D eigenvalue weighted by molar-refractivity contribution is -0.120. The van der Waals surface area contributed by atoms with Gasteiger partial charge in [-0.2, -0.15) is 0 Å². The van der Waals surface area contributed by atoms with Crippen molar-refractivity contribution in [2.24, 2.45) is 0 Å². The van der Waals surface area contributed by atoms with Crippen molar-refractivity contribution in [1.29, 1.82) is 0 Å². The van der Waals surface area contributed by atoms with Crippen LogP contribution in [0, 0.1) is 0 Å². The number of nitrogens with one attached hydrogen (secondary N) is 2. The Balaban J connectivity index is 1.53. The summed E-state index contributed by atoms with van der Waals surface area (Å²) >= 11 is 1.33. The quantitative estimate of drug-likeness (QED) is 0.565. The predicted molar refractivity (Wildman–Crippen MR) is 112 cm³/mol. The second-order valence-corrected chi connectivity index (χ2v) is 7.82. The van der Waals surface area contributed by atoms with Crippen LogP contribution in [0.3, 0.4) is 0 Å². The highest BCUT2D eigenvalue weighted by Gasteiger charge is 2.18. The molecule has 3 aromatic rings. The maximum absolute atomic E-state index is 12.4. The highest BCUT2D eigenvalue weighted by Crippen LogP contribution is 2.24. The van der Waals surface area contributed by atoms with E-state index in [9.17, 15) is 4.79 Å². The number of hydrogen-bond acceptors (Lipinski definition) is 5. The zero-order chi connectivity index (χ0) is 19.9. The molecule has 28 heavy (non-hydrogen) atoms. The Bertz CT molecular complexity index is 896. The molecule has 7 heteroatoms. The van der Waals surface area contributed by atoms with E-state index in [1.807, 2.05) is 49.4 Å². The molecule has 1 amide bonds. The Kier molecular flexibility index (Phi) is 6.71. The Hall–Kier alpha value is -2.80. The third-order valence-electron chi connectivity index (χ3n) is 4.43. The van der Waals surface area contributed by atoms with E-state index in [-0.39, 0.29) is 17.1 Å². The largest absolute Gasteiger partial charge is 0.497 e. The normalized spacial score (nSPS) is 13.0. The molecule has 0 saturated carbocycles. The van der Waals surface area contributed by atoms with E-state index < -0.39 is 0 Å². The molecule has 1 heterocycles. The number of H-pyrrole nitrogens is 1. The van der Waals surface area contributed by atoms with Gasteiger partial charge in [0.2, 0.25) is 11.1 Å². The van der Waals surface area contributed by atoms with Crippen LogP contribution < -0.4 is 10.1 Å². The fourth-order valence-electron chi connectivity index (χ4n) is 2.69. The standard InChI is InChI=1S/C21H24N4O2S/c1-14(16-7-5-4-6-8-16)13-22-20(26)15(2)28-21-23-19(24-25-21)17-9-11-18(27-3)12-10-17/h4-12,14-15H,13H2,1-3H3,(H,22,26)(H,23,24,25). The lowest BCUT2D eigenvalue weighted by Crippen LogP contribution is -2.33. The zero-order valence-corrected chi connectivity index (χ0v) is 17.0. The maximum atomic E-state index is 12.4. The van der Waals surface area contributed by atoms with Crippen LogP contribution in [0.25, 0.3) is 11.4 Å². The van der Waals surface area contributed by atoms with Crippen LogP contribution in [0.4, 0.5) is 0 Å². The molecule has 0 aliphatic rings. The SMILES string of the molecule is COc1ccc(-c2nc(SC(C)C(=O)NCC(C)c3ccccc3)n[nH]2)cc1. The van der Waals surface area contributed by atoms with Crippen LogP contribution in [0.2, 0.25) is 0 Å². The number of amides is 1. The number of aromatic nitrogens is 3. The predicted octanol–water partition coefficient (Wildman–Crippen LogP) is 3.88. The van der Waals surface area contributed by atoms with Gasteiger partial charge in [-0.05, 0) is 42.7 Å². The van der Waals surface area contributed by atoms with Crippen LogP contribution >= 0.6 is 11.8 Å². The number of benzene rings is 2. The topological polar surface area (TPSA) is 79.9 Å². The number of hydrogen-bond donors (Lipinski definition) is 2. The number of methoxy groups -OCH3 is 1. The summed E-state index contributed by atoms with van der Waals surface area (Å²) in [5.41, 5.74) is 2.12. The molecule has 0 spiro atoms. The van der Waals surface area contributed by atoms with E-state index in [2.05, 4.69) is 39.6 Å². The summed E-state index contributed by atoms with van der Waals surface area (Å²) in [6, 6.07) is 17.7. The van der Waals surface area contributed by atoms with Crippen molar-refractivity contribution in [1.82, 2.24) is 20.5 Å². The molecule has 0 bridgehead atoms. The average Bonchev–Trinajstić information content (AvgIpc) is 3.20. The second-order valence-electron chi connectivity index (χ2n) is 6.51. The van der Waals surface area contributed by atoms with Crippen LogP contribution in [0.15, 0.2) is 59.8 Å². The van der Waals surface area contributed by atoms with Crippen molar-refractivity contribution in [2.75, 3.05) is 13.7 Å². The fourth-order valence-corrected chi connectivity index (χ4v) is 3.43. The molecule has 6 nitrogen and oxygen atoms in total. The van der Waals surface area contributed by atoms with Crippen molar-refractivity contribution < 1.29 is 9.53 Å². The van der Waals surface area contributed by atoms with Crippen LogP contribution in [-0.4, -0.2) is 40.0 Å². The third kappa shape index (κ3) is 5.13. The Morgan fingerprint density at radius 1 is 1.14 bits per heavy atom. The Morgan fingerprint density at radius 3 is 2.54 bits per heavy atom. The minimum absolute atomic E-state index is 0.0245. The molecule has 2 unspecified atom stereocenters. The minimum atomic E-state index is -0.289. The van der Waals surface area contributed by atoms with Gasteiger partial charge in [-0.1, -0.05) is 49.0 Å². The first-order valence-corrected chi connectivity index (χ1v) is 10.0. The van der Waals surface area contributed by atoms with Gasteiger partial charge in [-0.25, -0.2) is 4.98 Å². The number of thioether (sulfide) groups is 1. The molecule has 0 fully saturated rings. The molecule has 2 atom stereocenters. The smallest absolute Gasteiger partial charge is 0.233 e. The molecular weight excluding hydrogens is 372 g/mol. The fraction of sp³-hybridized carbons (Fsp3) is 0.286. The highest BCUT2D eigenvalue weighted by molar-refractivity contribution is 8.00. The third-order valence-corrected chi connectivity index (χ3v) is 5.39. The molecule has 0 aliphatic carbocycles. The van der Waals surface area contributed by atoms with Gasteiger partial charge in [0.25, 0.3) is 0 Å². The van der Waals surface area contributed by atoms with E-state index in [0.29, 0.717) is 17.5 Å². The first-order valence-electron chi connectivity index (χ1n) is 9.13. The van der Waals surface area contributed by atoms with E-state index in [4.69, 9.17) is 4.74 Å². The van der Waals surface area contributed by atoms with Crippen molar-refractivity contribution in [3.05, 3.63) is 60.2 Å². The first-order chi connectivity index (χ1) is 13.6. The van der Waals surface area contributed by atoms with Crippen molar-refractivity contribution >= 4 is 17.7 Å². The maximum Gasteiger partial charge on any atom is 0.233 e. The van der Waals surface area contributed by atoms with Gasteiger partial charge in [-0.3, -0.25) is 9.89 Å². The molecule has 1 aromatic heterocycles.